The van der Waals surface area contributed by atoms with Crippen molar-refractivity contribution in [3.63, 3.8) is 0 Å². The van der Waals surface area contributed by atoms with E-state index in [1.165, 1.54) is 0 Å². The predicted octanol–water partition coefficient (Wildman–Crippen LogP) is 3.70. The lowest BCUT2D eigenvalue weighted by atomic mass is 10.2. The summed E-state index contributed by atoms with van der Waals surface area (Å²) in [6, 6.07) is 1.98. The second-order valence-corrected chi connectivity index (χ2v) is 7.06. The Bertz CT molecular complexity index is 550. The van der Waals surface area contributed by atoms with Crippen LogP contribution >= 0.6 is 38.6 Å². The zero-order chi connectivity index (χ0) is 13.1. The van der Waals surface area contributed by atoms with E-state index in [2.05, 4.69) is 26.2 Å². The molecule has 0 aliphatic carbocycles. The van der Waals surface area contributed by atoms with Crippen molar-refractivity contribution in [1.29, 1.82) is 0 Å². The first kappa shape index (κ1) is 13.7. The highest BCUT2D eigenvalue weighted by Crippen LogP contribution is 2.24. The predicted molar refractivity (Wildman–Crippen MR) is 79.1 cm³/mol. The molecule has 1 unspecified atom stereocenters. The van der Waals surface area contributed by atoms with Crippen LogP contribution in [0.1, 0.15) is 27.7 Å². The summed E-state index contributed by atoms with van der Waals surface area (Å²) in [6.07, 6.45) is 2.24. The molecule has 0 bridgehead atoms. The molecule has 0 aliphatic rings. The Labute approximate surface area is 122 Å². The van der Waals surface area contributed by atoms with Gasteiger partial charge in [-0.1, -0.05) is 0 Å². The minimum absolute atomic E-state index is 0.0161. The van der Waals surface area contributed by atoms with Crippen molar-refractivity contribution in [2.75, 3.05) is 0 Å². The van der Waals surface area contributed by atoms with Gasteiger partial charge < -0.3 is 5.32 Å². The second kappa shape index (κ2) is 5.95. The van der Waals surface area contributed by atoms with Crippen molar-refractivity contribution in [3.05, 3.63) is 36.9 Å². The second-order valence-electron chi connectivity index (χ2n) is 3.94. The monoisotopic (exact) mass is 344 g/mol. The van der Waals surface area contributed by atoms with E-state index in [0.29, 0.717) is 6.42 Å². The number of hydrogen-bond acceptors (Lipinski definition) is 4. The molecular weight excluding hydrogens is 332 g/mol. The zero-order valence-electron chi connectivity index (χ0n) is 10.1. The maximum Gasteiger partial charge on any atom is 0.225 e. The molecule has 1 atom stereocenters. The Kier molecular flexibility index (Phi) is 4.53. The summed E-state index contributed by atoms with van der Waals surface area (Å²) >= 11 is 6.64. The van der Waals surface area contributed by atoms with Gasteiger partial charge in [0.2, 0.25) is 5.91 Å². The van der Waals surface area contributed by atoms with Crippen LogP contribution in [0.15, 0.2) is 22.1 Å². The molecule has 1 N–H and O–H groups in total. The van der Waals surface area contributed by atoms with Crippen molar-refractivity contribution in [1.82, 2.24) is 10.3 Å². The van der Waals surface area contributed by atoms with Crippen LogP contribution in [0.2, 0.25) is 0 Å². The summed E-state index contributed by atoms with van der Waals surface area (Å²) in [6.45, 7) is 3.94. The maximum atomic E-state index is 11.9. The highest BCUT2D eigenvalue weighted by atomic mass is 79.9. The fourth-order valence-electron chi connectivity index (χ4n) is 1.54. The smallest absolute Gasteiger partial charge is 0.225 e. The van der Waals surface area contributed by atoms with Crippen molar-refractivity contribution in [2.24, 2.45) is 0 Å². The van der Waals surface area contributed by atoms with Crippen LogP contribution in [0.3, 0.4) is 0 Å². The van der Waals surface area contributed by atoms with Crippen molar-refractivity contribution < 1.29 is 4.79 Å². The molecule has 96 valence electrons. The lowest BCUT2D eigenvalue weighted by molar-refractivity contribution is -0.121. The van der Waals surface area contributed by atoms with Gasteiger partial charge in [-0.15, -0.1) is 22.7 Å². The first-order chi connectivity index (χ1) is 8.56. The number of nitrogens with one attached hydrogen (secondary N) is 1. The van der Waals surface area contributed by atoms with E-state index >= 15 is 0 Å². The van der Waals surface area contributed by atoms with Crippen molar-refractivity contribution >= 4 is 44.5 Å². The maximum absolute atomic E-state index is 11.9. The lowest BCUT2D eigenvalue weighted by Crippen LogP contribution is -2.27. The zero-order valence-corrected chi connectivity index (χ0v) is 13.3. The number of thiazole rings is 1. The van der Waals surface area contributed by atoms with Gasteiger partial charge in [-0.2, -0.15) is 0 Å². The highest BCUT2D eigenvalue weighted by molar-refractivity contribution is 9.10. The number of aromatic nitrogens is 1. The van der Waals surface area contributed by atoms with Gasteiger partial charge in [0.1, 0.15) is 0 Å². The number of halogens is 1. The average molecular weight is 345 g/mol. The number of thiophene rings is 1. The fourth-order valence-corrected chi connectivity index (χ4v) is 3.82. The third-order valence-corrected chi connectivity index (χ3v) is 5.48. The third-order valence-electron chi connectivity index (χ3n) is 2.46. The lowest BCUT2D eigenvalue weighted by Gasteiger charge is -2.11. The first-order valence-corrected chi connectivity index (χ1v) is 7.98. The standard InChI is InChI=1S/C12H13BrN2OS2/c1-7(11-6-14-8(2)18-11)15-12(16)5-10-9(13)3-4-17-10/h3-4,6-7H,5H2,1-2H3,(H,15,16). The molecule has 0 fully saturated rings. The van der Waals surface area contributed by atoms with Gasteiger partial charge >= 0.3 is 0 Å². The molecule has 0 aliphatic heterocycles. The number of carbonyl (C=O) groups is 1. The third kappa shape index (κ3) is 3.40. The minimum atomic E-state index is 0.0161. The quantitative estimate of drug-likeness (QED) is 0.918. The van der Waals surface area contributed by atoms with E-state index in [1.54, 1.807) is 22.7 Å². The van der Waals surface area contributed by atoms with Gasteiger partial charge in [0.25, 0.3) is 0 Å². The van der Waals surface area contributed by atoms with Crippen LogP contribution in [-0.4, -0.2) is 10.9 Å². The highest BCUT2D eigenvalue weighted by Gasteiger charge is 2.13. The summed E-state index contributed by atoms with van der Waals surface area (Å²) in [4.78, 5) is 18.3. The number of rotatable bonds is 4. The SMILES string of the molecule is Cc1ncc(C(C)NC(=O)Cc2sccc2Br)s1. The Morgan fingerprint density at radius 2 is 2.39 bits per heavy atom. The molecular formula is C12H13BrN2OS2. The van der Waals surface area contributed by atoms with Crippen LogP contribution in [0.25, 0.3) is 0 Å². The van der Waals surface area contributed by atoms with E-state index in [4.69, 9.17) is 0 Å². The first-order valence-electron chi connectivity index (χ1n) is 5.50. The van der Waals surface area contributed by atoms with Gasteiger partial charge in [0.15, 0.2) is 0 Å². The minimum Gasteiger partial charge on any atom is -0.348 e. The number of amides is 1. The number of hydrogen-bond donors (Lipinski definition) is 1. The number of aryl methyl sites for hydroxylation is 1. The molecule has 0 aromatic carbocycles. The molecule has 18 heavy (non-hydrogen) atoms. The largest absolute Gasteiger partial charge is 0.348 e. The Morgan fingerprint density at radius 3 is 2.94 bits per heavy atom. The summed E-state index contributed by atoms with van der Waals surface area (Å²) < 4.78 is 1.00. The molecule has 0 spiro atoms. The van der Waals surface area contributed by atoms with Gasteiger partial charge in [-0.25, -0.2) is 4.98 Å². The number of nitrogens with zero attached hydrogens (tertiary/aromatic N) is 1. The van der Waals surface area contributed by atoms with Gasteiger partial charge in [0, 0.05) is 20.4 Å². The van der Waals surface area contributed by atoms with E-state index in [1.807, 2.05) is 31.5 Å². The molecule has 0 radical (unpaired) electrons. The van der Waals surface area contributed by atoms with Crippen LogP contribution in [-0.2, 0) is 11.2 Å². The molecule has 2 aromatic rings. The topological polar surface area (TPSA) is 42.0 Å². The van der Waals surface area contributed by atoms with Gasteiger partial charge in [-0.05, 0) is 41.2 Å². The average Bonchev–Trinajstić information content (AvgIpc) is 2.89. The Morgan fingerprint density at radius 1 is 1.61 bits per heavy atom. The van der Waals surface area contributed by atoms with Crippen LogP contribution in [0.5, 0.6) is 0 Å². The molecule has 3 nitrogen and oxygen atoms in total. The molecule has 2 aromatic heterocycles. The Hall–Kier alpha value is -0.720. The molecule has 0 saturated carbocycles. The molecule has 2 heterocycles. The van der Waals surface area contributed by atoms with E-state index in [0.717, 1.165) is 19.2 Å². The van der Waals surface area contributed by atoms with E-state index in [-0.39, 0.29) is 11.9 Å². The van der Waals surface area contributed by atoms with Crippen LogP contribution < -0.4 is 5.32 Å². The molecule has 6 heteroatoms. The summed E-state index contributed by atoms with van der Waals surface area (Å²) in [5, 5.41) is 5.99. The van der Waals surface area contributed by atoms with Gasteiger partial charge in [-0.3, -0.25) is 4.79 Å². The van der Waals surface area contributed by atoms with Crippen molar-refractivity contribution in [2.45, 2.75) is 26.3 Å². The molecule has 1 amide bonds. The van der Waals surface area contributed by atoms with Crippen LogP contribution in [0, 0.1) is 6.92 Å². The number of carbonyl (C=O) groups excluding carboxylic acids is 1. The summed E-state index contributed by atoms with van der Waals surface area (Å²) in [5.74, 6) is 0.0386. The van der Waals surface area contributed by atoms with E-state index < -0.39 is 0 Å². The van der Waals surface area contributed by atoms with E-state index in [9.17, 15) is 4.79 Å². The van der Waals surface area contributed by atoms with Gasteiger partial charge in [0.05, 0.1) is 17.5 Å². The fraction of sp³-hybridized carbons (Fsp3) is 0.333. The normalized spacial score (nSPS) is 12.4. The Balaban J connectivity index is 1.93. The summed E-state index contributed by atoms with van der Waals surface area (Å²) in [5.41, 5.74) is 0. The molecule has 2 rings (SSSR count). The van der Waals surface area contributed by atoms with Crippen LogP contribution in [0.4, 0.5) is 0 Å². The summed E-state index contributed by atoms with van der Waals surface area (Å²) in [7, 11) is 0. The molecule has 0 saturated heterocycles. The van der Waals surface area contributed by atoms with Crippen molar-refractivity contribution in [3.8, 4) is 0 Å².